The highest BCUT2D eigenvalue weighted by Gasteiger charge is 2.12. The molecule has 3 N–H and O–H groups in total. The molecule has 1 atom stereocenters. The first-order chi connectivity index (χ1) is 9.42. The van der Waals surface area contributed by atoms with Gasteiger partial charge < -0.3 is 20.5 Å². The number of anilines is 1. The second-order valence-corrected chi connectivity index (χ2v) is 4.82. The number of hydrogen-bond acceptors (Lipinski definition) is 3. The molecular weight excluding hydrogens is 263 g/mol. The Kier molecular flexibility index (Phi) is 6.24. The molecule has 0 saturated carbocycles. The van der Waals surface area contributed by atoms with Crippen LogP contribution in [-0.2, 0) is 0 Å². The van der Waals surface area contributed by atoms with Crippen LogP contribution in [0.15, 0.2) is 18.2 Å². The van der Waals surface area contributed by atoms with Gasteiger partial charge >= 0.3 is 6.03 Å². The van der Waals surface area contributed by atoms with Crippen molar-refractivity contribution in [1.29, 1.82) is 0 Å². The predicted octanol–water partition coefficient (Wildman–Crippen LogP) is 2.51. The lowest BCUT2D eigenvalue weighted by atomic mass is 10.2. The largest absolute Gasteiger partial charge is 0.489 e. The van der Waals surface area contributed by atoms with E-state index in [1.165, 1.54) is 18.2 Å². The Morgan fingerprint density at radius 2 is 2.10 bits per heavy atom. The summed E-state index contributed by atoms with van der Waals surface area (Å²) in [7, 11) is 0. The van der Waals surface area contributed by atoms with Crippen LogP contribution in [0, 0.1) is 5.82 Å². The number of aliphatic hydroxyl groups is 1. The molecule has 1 aromatic carbocycles. The number of ether oxygens (including phenoxy) is 1. The minimum absolute atomic E-state index is 0.0108. The Bertz CT molecular complexity index is 452. The molecule has 1 rings (SSSR count). The number of benzene rings is 1. The summed E-state index contributed by atoms with van der Waals surface area (Å²) in [5, 5.41) is 14.0. The van der Waals surface area contributed by atoms with Gasteiger partial charge in [-0.05, 0) is 39.3 Å². The van der Waals surface area contributed by atoms with Gasteiger partial charge in [-0.2, -0.15) is 0 Å². The molecular formula is C14H21FN2O3. The zero-order valence-corrected chi connectivity index (χ0v) is 11.9. The topological polar surface area (TPSA) is 70.6 Å². The molecule has 20 heavy (non-hydrogen) atoms. The van der Waals surface area contributed by atoms with Gasteiger partial charge in [-0.25, -0.2) is 9.18 Å². The first-order valence-electron chi connectivity index (χ1n) is 6.57. The molecule has 0 radical (unpaired) electrons. The Hall–Kier alpha value is -1.82. The number of rotatable bonds is 6. The van der Waals surface area contributed by atoms with E-state index in [0.29, 0.717) is 12.2 Å². The van der Waals surface area contributed by atoms with Crippen LogP contribution in [0.4, 0.5) is 14.9 Å². The molecule has 0 aliphatic rings. The average Bonchev–Trinajstić information content (AvgIpc) is 2.32. The maximum atomic E-state index is 13.3. The summed E-state index contributed by atoms with van der Waals surface area (Å²) in [5.41, 5.74) is 0.271. The lowest BCUT2D eigenvalue weighted by Gasteiger charge is -2.17. The van der Waals surface area contributed by atoms with Gasteiger partial charge in [0.1, 0.15) is 11.6 Å². The van der Waals surface area contributed by atoms with Crippen molar-refractivity contribution < 1.29 is 19.0 Å². The summed E-state index contributed by atoms with van der Waals surface area (Å²) in [5.74, 6) is -0.0498. The highest BCUT2D eigenvalue weighted by molar-refractivity contribution is 5.91. The second kappa shape index (κ2) is 7.69. The van der Waals surface area contributed by atoms with E-state index in [0.717, 1.165) is 0 Å². The van der Waals surface area contributed by atoms with E-state index in [2.05, 4.69) is 10.6 Å². The van der Waals surface area contributed by atoms with Crippen LogP contribution in [0.3, 0.4) is 0 Å². The molecule has 2 amide bonds. The first kappa shape index (κ1) is 16.2. The lowest BCUT2D eigenvalue weighted by Crippen LogP contribution is -2.36. The fourth-order valence-electron chi connectivity index (χ4n) is 1.60. The summed E-state index contributed by atoms with van der Waals surface area (Å²) in [6.07, 6.45) is 0.365. The summed E-state index contributed by atoms with van der Waals surface area (Å²) in [6.45, 7) is 5.45. The second-order valence-electron chi connectivity index (χ2n) is 4.82. The monoisotopic (exact) mass is 284 g/mol. The average molecular weight is 284 g/mol. The highest BCUT2D eigenvalue weighted by atomic mass is 19.1. The molecule has 0 heterocycles. The van der Waals surface area contributed by atoms with E-state index in [1.807, 2.05) is 13.8 Å². The maximum absolute atomic E-state index is 13.3. The van der Waals surface area contributed by atoms with Crippen LogP contribution in [0.25, 0.3) is 0 Å². The summed E-state index contributed by atoms with van der Waals surface area (Å²) >= 11 is 0. The standard InChI is InChI=1S/C14H21FN2O3/c1-9(2)20-13-5-4-11(15)8-12(13)17-14(19)16-10(3)6-7-18/h4-5,8-10,18H,6-7H2,1-3H3,(H2,16,17,19)/t10-/m1/s1. The molecule has 5 nitrogen and oxygen atoms in total. The molecule has 0 saturated heterocycles. The summed E-state index contributed by atoms with van der Waals surface area (Å²) in [6, 6.07) is 3.30. The summed E-state index contributed by atoms with van der Waals surface area (Å²) in [4.78, 5) is 11.8. The fourth-order valence-corrected chi connectivity index (χ4v) is 1.60. The molecule has 6 heteroatoms. The van der Waals surface area contributed by atoms with Gasteiger partial charge in [0.25, 0.3) is 0 Å². The van der Waals surface area contributed by atoms with Gasteiger partial charge in [-0.1, -0.05) is 0 Å². The summed E-state index contributed by atoms with van der Waals surface area (Å²) < 4.78 is 18.8. The third kappa shape index (κ3) is 5.44. The normalized spacial score (nSPS) is 12.1. The zero-order chi connectivity index (χ0) is 15.1. The number of carbonyl (C=O) groups is 1. The Labute approximate surface area is 118 Å². The zero-order valence-electron chi connectivity index (χ0n) is 11.9. The van der Waals surface area contributed by atoms with Gasteiger partial charge in [0.05, 0.1) is 11.8 Å². The molecule has 0 bridgehead atoms. The number of carbonyl (C=O) groups excluding carboxylic acids is 1. The van der Waals surface area contributed by atoms with Crippen molar-refractivity contribution >= 4 is 11.7 Å². The lowest BCUT2D eigenvalue weighted by molar-refractivity contribution is 0.237. The number of hydrogen-bond donors (Lipinski definition) is 3. The van der Waals surface area contributed by atoms with Crippen molar-refractivity contribution in [3.05, 3.63) is 24.0 Å². The maximum Gasteiger partial charge on any atom is 0.319 e. The number of nitrogens with one attached hydrogen (secondary N) is 2. The molecule has 0 unspecified atom stereocenters. The van der Waals surface area contributed by atoms with Crippen molar-refractivity contribution in [1.82, 2.24) is 5.32 Å². The van der Waals surface area contributed by atoms with Crippen molar-refractivity contribution in [2.75, 3.05) is 11.9 Å². The molecule has 1 aromatic rings. The Balaban J connectivity index is 2.74. The minimum Gasteiger partial charge on any atom is -0.489 e. The quantitative estimate of drug-likeness (QED) is 0.751. The molecule has 112 valence electrons. The third-order valence-electron chi connectivity index (χ3n) is 2.49. The van der Waals surface area contributed by atoms with Crippen molar-refractivity contribution in [2.24, 2.45) is 0 Å². The number of amides is 2. The van der Waals surface area contributed by atoms with Gasteiger partial charge in [0.2, 0.25) is 0 Å². The van der Waals surface area contributed by atoms with Crippen LogP contribution >= 0.6 is 0 Å². The molecule has 0 aliphatic carbocycles. The van der Waals surface area contributed by atoms with Crippen LogP contribution in [0.5, 0.6) is 5.75 Å². The van der Waals surface area contributed by atoms with Crippen molar-refractivity contribution in [3.8, 4) is 5.75 Å². The number of urea groups is 1. The van der Waals surface area contributed by atoms with Crippen LogP contribution in [0.1, 0.15) is 27.2 Å². The highest BCUT2D eigenvalue weighted by Crippen LogP contribution is 2.26. The molecule has 0 aliphatic heterocycles. The Morgan fingerprint density at radius 1 is 1.40 bits per heavy atom. The SMILES string of the molecule is CC(C)Oc1ccc(F)cc1NC(=O)N[C@H](C)CCO. The van der Waals surface area contributed by atoms with E-state index in [-0.39, 0.29) is 24.4 Å². The first-order valence-corrected chi connectivity index (χ1v) is 6.57. The van der Waals surface area contributed by atoms with Crippen molar-refractivity contribution in [3.63, 3.8) is 0 Å². The molecule has 0 aromatic heterocycles. The smallest absolute Gasteiger partial charge is 0.319 e. The van der Waals surface area contributed by atoms with E-state index in [4.69, 9.17) is 9.84 Å². The number of halogens is 1. The third-order valence-corrected chi connectivity index (χ3v) is 2.49. The van der Waals surface area contributed by atoms with E-state index < -0.39 is 11.8 Å². The van der Waals surface area contributed by atoms with Crippen LogP contribution in [-0.4, -0.2) is 29.9 Å². The van der Waals surface area contributed by atoms with Gasteiger partial charge in [-0.15, -0.1) is 0 Å². The van der Waals surface area contributed by atoms with Gasteiger partial charge in [0, 0.05) is 18.7 Å². The van der Waals surface area contributed by atoms with E-state index in [1.54, 1.807) is 6.92 Å². The minimum atomic E-state index is -0.467. The van der Waals surface area contributed by atoms with E-state index >= 15 is 0 Å². The Morgan fingerprint density at radius 3 is 2.70 bits per heavy atom. The van der Waals surface area contributed by atoms with Crippen molar-refractivity contribution in [2.45, 2.75) is 39.3 Å². The van der Waals surface area contributed by atoms with E-state index in [9.17, 15) is 9.18 Å². The number of aliphatic hydroxyl groups excluding tert-OH is 1. The fraction of sp³-hybridized carbons (Fsp3) is 0.500. The van der Waals surface area contributed by atoms with Crippen LogP contribution in [0.2, 0.25) is 0 Å². The van der Waals surface area contributed by atoms with Crippen LogP contribution < -0.4 is 15.4 Å². The predicted molar refractivity (Wildman–Crippen MR) is 75.5 cm³/mol. The van der Waals surface area contributed by atoms with Gasteiger partial charge in [-0.3, -0.25) is 0 Å². The molecule has 0 spiro atoms. The van der Waals surface area contributed by atoms with Gasteiger partial charge in [0.15, 0.2) is 0 Å². The molecule has 0 fully saturated rings.